The van der Waals surface area contributed by atoms with Crippen LogP contribution in [0.4, 0.5) is 11.4 Å². The molecule has 1 heterocycles. The van der Waals surface area contributed by atoms with E-state index in [1.807, 2.05) is 24.3 Å². The Kier molecular flexibility index (Phi) is 6.06. The predicted octanol–water partition coefficient (Wildman–Crippen LogP) is 5.81. The van der Waals surface area contributed by atoms with E-state index in [0.29, 0.717) is 25.8 Å². The van der Waals surface area contributed by atoms with E-state index in [2.05, 4.69) is 10.6 Å². The summed E-state index contributed by atoms with van der Waals surface area (Å²) in [5.74, 6) is 0.131. The van der Waals surface area contributed by atoms with Gasteiger partial charge in [-0.05, 0) is 48.6 Å². The van der Waals surface area contributed by atoms with Crippen molar-refractivity contribution in [3.8, 4) is 5.75 Å². The van der Waals surface area contributed by atoms with E-state index >= 15 is 0 Å². The van der Waals surface area contributed by atoms with Crippen molar-refractivity contribution in [2.45, 2.75) is 0 Å². The smallest absolute Gasteiger partial charge is 0.349 e. The van der Waals surface area contributed by atoms with Crippen LogP contribution in [-0.2, 0) is 4.74 Å². The van der Waals surface area contributed by atoms with Crippen molar-refractivity contribution in [3.63, 3.8) is 0 Å². The lowest BCUT2D eigenvalue weighted by molar-refractivity contribution is 0.0606. The zero-order valence-corrected chi connectivity index (χ0v) is 17.4. The van der Waals surface area contributed by atoms with Crippen LogP contribution in [-0.4, -0.2) is 25.3 Å². The molecule has 0 saturated heterocycles. The molecule has 2 aromatic carbocycles. The molecule has 5 nitrogen and oxygen atoms in total. The largest absolute Gasteiger partial charge is 0.495 e. The monoisotopic (exact) mass is 440 g/mol. The molecule has 0 radical (unpaired) electrons. The minimum absolute atomic E-state index is 0.375. The van der Waals surface area contributed by atoms with Crippen LogP contribution in [0.3, 0.4) is 0 Å². The van der Waals surface area contributed by atoms with Crippen molar-refractivity contribution in [2.24, 2.45) is 0 Å². The molecule has 0 spiro atoms. The van der Waals surface area contributed by atoms with Crippen molar-refractivity contribution in [2.75, 3.05) is 24.9 Å². The number of halogens is 2. The molecule has 0 aliphatic rings. The third-order valence-corrected chi connectivity index (χ3v) is 5.80. The highest BCUT2D eigenvalue weighted by Gasteiger charge is 2.17. The van der Waals surface area contributed by atoms with Gasteiger partial charge in [-0.15, -0.1) is 11.3 Å². The van der Waals surface area contributed by atoms with E-state index in [4.69, 9.17) is 44.9 Å². The van der Waals surface area contributed by atoms with Gasteiger partial charge in [0.2, 0.25) is 0 Å². The molecule has 0 unspecified atom stereocenters. The van der Waals surface area contributed by atoms with Gasteiger partial charge in [-0.3, -0.25) is 0 Å². The average molecular weight is 441 g/mol. The molecule has 9 heteroatoms. The Labute approximate surface area is 175 Å². The summed E-state index contributed by atoms with van der Waals surface area (Å²) in [5.41, 5.74) is 1.49. The first-order chi connectivity index (χ1) is 12.9. The Morgan fingerprint density at radius 1 is 1.07 bits per heavy atom. The van der Waals surface area contributed by atoms with Crippen molar-refractivity contribution < 1.29 is 14.3 Å². The Morgan fingerprint density at radius 2 is 1.74 bits per heavy atom. The number of fused-ring (bicyclic) bond motifs is 1. The van der Waals surface area contributed by atoms with E-state index in [-0.39, 0.29) is 0 Å². The minimum atomic E-state index is -0.454. The minimum Gasteiger partial charge on any atom is -0.495 e. The fourth-order valence-electron chi connectivity index (χ4n) is 2.40. The second kappa shape index (κ2) is 8.31. The summed E-state index contributed by atoms with van der Waals surface area (Å²) in [7, 11) is 2.88. The molecule has 27 heavy (non-hydrogen) atoms. The molecular formula is C18H14Cl2N2O3S2. The van der Waals surface area contributed by atoms with Crippen LogP contribution in [0.25, 0.3) is 10.1 Å². The van der Waals surface area contributed by atoms with Crippen LogP contribution in [0, 0.1) is 0 Å². The number of methoxy groups -OCH3 is 2. The summed E-state index contributed by atoms with van der Waals surface area (Å²) in [4.78, 5) is 12.2. The highest BCUT2D eigenvalue weighted by Crippen LogP contribution is 2.37. The zero-order valence-electron chi connectivity index (χ0n) is 14.3. The lowest BCUT2D eigenvalue weighted by Gasteiger charge is -2.12. The Balaban J connectivity index is 1.77. The molecule has 3 aromatic rings. The molecular weight excluding hydrogens is 427 g/mol. The summed E-state index contributed by atoms with van der Waals surface area (Å²) in [6.45, 7) is 0. The Hall–Kier alpha value is -2.06. The first kappa shape index (κ1) is 19.7. The van der Waals surface area contributed by atoms with Crippen LogP contribution in [0.15, 0.2) is 36.4 Å². The van der Waals surface area contributed by atoms with E-state index in [9.17, 15) is 4.79 Å². The SMILES string of the molecule is COC(=O)c1sc2cc(NC(=S)Nc3ccc(OC)c(Cl)c3)ccc2c1Cl. The number of carbonyl (C=O) groups excluding carboxylic acids is 1. The van der Waals surface area contributed by atoms with Gasteiger partial charge < -0.3 is 20.1 Å². The molecule has 2 N–H and O–H groups in total. The topological polar surface area (TPSA) is 59.6 Å². The van der Waals surface area contributed by atoms with Gasteiger partial charge >= 0.3 is 5.97 Å². The molecule has 3 rings (SSSR count). The van der Waals surface area contributed by atoms with Crippen molar-refractivity contribution in [1.82, 2.24) is 0 Å². The highest BCUT2D eigenvalue weighted by molar-refractivity contribution is 7.80. The lowest BCUT2D eigenvalue weighted by atomic mass is 10.2. The first-order valence-electron chi connectivity index (χ1n) is 7.65. The normalized spacial score (nSPS) is 10.5. The summed E-state index contributed by atoms with van der Waals surface area (Å²) in [6.07, 6.45) is 0. The maximum Gasteiger partial charge on any atom is 0.349 e. The standard InChI is InChI=1S/C18H14Cl2N2O3S2/c1-24-13-6-4-9(7-12(13)19)21-18(26)22-10-3-5-11-14(8-10)27-16(15(11)20)17(23)25-2/h3-8H,1-2H3,(H2,21,22,26). The van der Waals surface area contributed by atoms with Crippen LogP contribution >= 0.6 is 46.8 Å². The number of thiophene rings is 1. The van der Waals surface area contributed by atoms with Gasteiger partial charge in [-0.25, -0.2) is 4.79 Å². The van der Waals surface area contributed by atoms with Crippen LogP contribution in [0.1, 0.15) is 9.67 Å². The fourth-order valence-corrected chi connectivity index (χ4v) is 4.36. The van der Waals surface area contributed by atoms with E-state index in [0.717, 1.165) is 21.5 Å². The molecule has 0 fully saturated rings. The molecule has 0 atom stereocenters. The van der Waals surface area contributed by atoms with Gasteiger partial charge in [-0.1, -0.05) is 23.2 Å². The number of rotatable bonds is 4. The number of hydrogen-bond donors (Lipinski definition) is 2. The number of hydrogen-bond acceptors (Lipinski definition) is 5. The maximum atomic E-state index is 11.8. The molecule has 1 aromatic heterocycles. The second-order valence-corrected chi connectivity index (χ2v) is 7.62. The van der Waals surface area contributed by atoms with Crippen molar-refractivity contribution >= 4 is 79.3 Å². The van der Waals surface area contributed by atoms with Gasteiger partial charge in [0.05, 0.1) is 24.3 Å². The van der Waals surface area contributed by atoms with Crippen LogP contribution < -0.4 is 15.4 Å². The summed E-state index contributed by atoms with van der Waals surface area (Å²) < 4.78 is 10.7. The molecule has 0 aliphatic carbocycles. The summed E-state index contributed by atoms with van der Waals surface area (Å²) in [5, 5.41) is 8.21. The lowest BCUT2D eigenvalue weighted by Crippen LogP contribution is -2.18. The predicted molar refractivity (Wildman–Crippen MR) is 116 cm³/mol. The van der Waals surface area contributed by atoms with E-state index < -0.39 is 5.97 Å². The molecule has 140 valence electrons. The quantitative estimate of drug-likeness (QED) is 0.394. The number of thiocarbonyl (C=S) groups is 1. The number of ether oxygens (including phenoxy) is 2. The van der Waals surface area contributed by atoms with Crippen molar-refractivity contribution in [1.29, 1.82) is 0 Å². The van der Waals surface area contributed by atoms with Gasteiger partial charge in [0, 0.05) is 21.5 Å². The highest BCUT2D eigenvalue weighted by atomic mass is 35.5. The summed E-state index contributed by atoms with van der Waals surface area (Å²) >= 11 is 19.0. The first-order valence-corrected chi connectivity index (χ1v) is 9.63. The molecule has 0 bridgehead atoms. The number of anilines is 2. The third kappa shape index (κ3) is 4.27. The van der Waals surface area contributed by atoms with Crippen LogP contribution in [0.2, 0.25) is 10.0 Å². The second-order valence-electron chi connectivity index (χ2n) is 5.38. The third-order valence-electron chi connectivity index (χ3n) is 3.67. The number of esters is 1. The maximum absolute atomic E-state index is 11.8. The van der Waals surface area contributed by atoms with Gasteiger partial charge in [0.25, 0.3) is 0 Å². The van der Waals surface area contributed by atoms with Gasteiger partial charge in [-0.2, -0.15) is 0 Å². The molecule has 0 amide bonds. The average Bonchev–Trinajstić information content (AvgIpc) is 2.97. The molecule has 0 aliphatic heterocycles. The zero-order chi connectivity index (χ0) is 19.6. The van der Waals surface area contributed by atoms with E-state index in [1.165, 1.54) is 18.4 Å². The van der Waals surface area contributed by atoms with Gasteiger partial charge in [0.1, 0.15) is 10.6 Å². The Morgan fingerprint density at radius 3 is 2.37 bits per heavy atom. The Bertz CT molecular complexity index is 1040. The number of nitrogens with one attached hydrogen (secondary N) is 2. The van der Waals surface area contributed by atoms with Gasteiger partial charge in [0.15, 0.2) is 5.11 Å². The van der Waals surface area contributed by atoms with E-state index in [1.54, 1.807) is 19.2 Å². The fraction of sp³-hybridized carbons (Fsp3) is 0.111. The molecule has 0 saturated carbocycles. The van der Waals surface area contributed by atoms with Crippen LogP contribution in [0.5, 0.6) is 5.75 Å². The summed E-state index contributed by atoms with van der Waals surface area (Å²) in [6, 6.07) is 10.8. The number of carbonyl (C=O) groups is 1. The van der Waals surface area contributed by atoms with Crippen molar-refractivity contribution in [3.05, 3.63) is 51.3 Å². The number of benzene rings is 2.